The van der Waals surface area contributed by atoms with Crippen molar-refractivity contribution in [2.75, 3.05) is 0 Å². The van der Waals surface area contributed by atoms with Crippen molar-refractivity contribution in [1.29, 1.82) is 5.26 Å². The first-order chi connectivity index (χ1) is 7.95. The summed E-state index contributed by atoms with van der Waals surface area (Å²) in [6.45, 7) is 9.61. The molecule has 1 heteroatoms. The molecule has 0 aliphatic heterocycles. The van der Waals surface area contributed by atoms with Crippen LogP contribution in [-0.2, 0) is 0 Å². The molecule has 3 aliphatic carbocycles. The molecule has 0 aromatic heterocycles. The molecule has 0 heterocycles. The smallest absolute Gasteiger partial charge is 0.0695 e. The molecule has 3 fully saturated rings. The zero-order chi connectivity index (χ0) is 12.4. The molecular weight excluding hydrogens is 206 g/mol. The lowest BCUT2D eigenvalue weighted by Gasteiger charge is -2.36. The fourth-order valence-electron chi connectivity index (χ4n) is 5.55. The first-order valence-corrected chi connectivity index (χ1v) is 7.36. The lowest BCUT2D eigenvalue weighted by molar-refractivity contribution is 0.132. The van der Waals surface area contributed by atoms with Crippen LogP contribution >= 0.6 is 0 Å². The van der Waals surface area contributed by atoms with Gasteiger partial charge in [-0.05, 0) is 60.7 Å². The molecule has 3 rings (SSSR count). The van der Waals surface area contributed by atoms with Crippen molar-refractivity contribution < 1.29 is 0 Å². The zero-order valence-electron chi connectivity index (χ0n) is 11.7. The first kappa shape index (κ1) is 11.6. The molecule has 0 saturated heterocycles. The lowest BCUT2D eigenvalue weighted by Crippen LogP contribution is -2.34. The molecule has 6 atom stereocenters. The Morgan fingerprint density at radius 3 is 2.41 bits per heavy atom. The van der Waals surface area contributed by atoms with E-state index >= 15 is 0 Å². The summed E-state index contributed by atoms with van der Waals surface area (Å²) in [6.07, 6.45) is 5.09. The quantitative estimate of drug-likeness (QED) is 0.611. The van der Waals surface area contributed by atoms with Gasteiger partial charge in [0.25, 0.3) is 0 Å². The molecule has 94 valence electrons. The molecule has 0 spiro atoms. The molecule has 17 heavy (non-hydrogen) atoms. The van der Waals surface area contributed by atoms with Gasteiger partial charge in [0, 0.05) is 0 Å². The van der Waals surface area contributed by atoms with Gasteiger partial charge in [-0.25, -0.2) is 0 Å². The third-order valence-electron chi connectivity index (χ3n) is 6.75. The minimum Gasteiger partial charge on any atom is -0.198 e. The van der Waals surface area contributed by atoms with Crippen molar-refractivity contribution in [3.63, 3.8) is 0 Å². The monoisotopic (exact) mass is 231 g/mol. The summed E-state index contributed by atoms with van der Waals surface area (Å²) in [6, 6.07) is 2.79. The Morgan fingerprint density at radius 2 is 1.76 bits per heavy atom. The number of rotatable bonds is 0. The fraction of sp³-hybridized carbons (Fsp3) is 0.938. The standard InChI is InChI=1S/C16H25N/c1-10-7-8-16(9-17)11(2)5-6-12-14(13(10)16)15(12,3)4/h10-14H,5-8H2,1-4H3/t10-,11-,12-,13+,14-,16-/m0/s1. The molecule has 3 saturated carbocycles. The second-order valence-corrected chi connectivity index (χ2v) is 7.63. The van der Waals surface area contributed by atoms with Crippen LogP contribution in [0.1, 0.15) is 53.4 Å². The topological polar surface area (TPSA) is 23.8 Å². The maximum absolute atomic E-state index is 9.82. The third-order valence-corrected chi connectivity index (χ3v) is 6.75. The highest BCUT2D eigenvalue weighted by atomic mass is 14.7. The van der Waals surface area contributed by atoms with Crippen LogP contribution in [0.2, 0.25) is 0 Å². The number of hydrogen-bond donors (Lipinski definition) is 0. The number of nitriles is 1. The van der Waals surface area contributed by atoms with Crippen LogP contribution in [0.15, 0.2) is 0 Å². The predicted octanol–water partition coefficient (Wildman–Crippen LogP) is 4.24. The van der Waals surface area contributed by atoms with E-state index in [2.05, 4.69) is 33.8 Å². The Labute approximate surface area is 106 Å². The number of nitrogens with zero attached hydrogens (tertiary/aromatic N) is 1. The van der Waals surface area contributed by atoms with Gasteiger partial charge < -0.3 is 0 Å². The van der Waals surface area contributed by atoms with Crippen molar-refractivity contribution in [3.05, 3.63) is 0 Å². The van der Waals surface area contributed by atoms with E-state index in [1.165, 1.54) is 19.3 Å². The summed E-state index contributed by atoms with van der Waals surface area (Å²) in [5.41, 5.74) is 0.540. The minimum atomic E-state index is 0.0204. The van der Waals surface area contributed by atoms with Crippen LogP contribution < -0.4 is 0 Å². The molecule has 0 bridgehead atoms. The summed E-state index contributed by atoms with van der Waals surface area (Å²) in [5.74, 6) is 3.82. The van der Waals surface area contributed by atoms with Gasteiger partial charge >= 0.3 is 0 Å². The van der Waals surface area contributed by atoms with E-state index in [1.54, 1.807) is 0 Å². The predicted molar refractivity (Wildman–Crippen MR) is 69.1 cm³/mol. The van der Waals surface area contributed by atoms with Gasteiger partial charge in [-0.2, -0.15) is 5.26 Å². The Balaban J connectivity index is 2.04. The highest BCUT2D eigenvalue weighted by Gasteiger charge is 2.69. The van der Waals surface area contributed by atoms with Gasteiger partial charge in [0.2, 0.25) is 0 Å². The molecular formula is C16H25N. The Hall–Kier alpha value is -0.510. The summed E-state index contributed by atoms with van der Waals surface area (Å²) >= 11 is 0. The SMILES string of the molecule is C[C@H]1CC[C@@]2(C#N)[C@H]1[C@@H]1[C@H](CC[C@@H]2C)C1(C)C. The average molecular weight is 231 g/mol. The largest absolute Gasteiger partial charge is 0.198 e. The van der Waals surface area contributed by atoms with Crippen LogP contribution in [0.4, 0.5) is 0 Å². The minimum absolute atomic E-state index is 0.0204. The van der Waals surface area contributed by atoms with Crippen LogP contribution in [0.25, 0.3) is 0 Å². The van der Waals surface area contributed by atoms with Gasteiger partial charge in [0.05, 0.1) is 11.5 Å². The van der Waals surface area contributed by atoms with E-state index in [0.717, 1.165) is 24.2 Å². The number of hydrogen-bond acceptors (Lipinski definition) is 1. The van der Waals surface area contributed by atoms with Crippen molar-refractivity contribution in [2.45, 2.75) is 53.4 Å². The third kappa shape index (κ3) is 1.25. The van der Waals surface area contributed by atoms with Gasteiger partial charge in [0.15, 0.2) is 0 Å². The number of fused-ring (bicyclic) bond motifs is 3. The molecule has 0 amide bonds. The summed E-state index contributed by atoms with van der Waals surface area (Å²) in [5, 5.41) is 9.82. The Bertz CT molecular complexity index is 377. The Morgan fingerprint density at radius 1 is 1.06 bits per heavy atom. The molecule has 1 nitrogen and oxygen atoms in total. The average Bonchev–Trinajstić information content (AvgIpc) is 2.69. The lowest BCUT2D eigenvalue weighted by atomic mass is 9.65. The van der Waals surface area contributed by atoms with E-state index in [1.807, 2.05) is 0 Å². The molecule has 0 aromatic carbocycles. The molecule has 0 unspecified atom stereocenters. The van der Waals surface area contributed by atoms with Crippen molar-refractivity contribution >= 4 is 0 Å². The highest BCUT2D eigenvalue weighted by Crippen LogP contribution is 2.73. The van der Waals surface area contributed by atoms with E-state index in [4.69, 9.17) is 0 Å². The van der Waals surface area contributed by atoms with Crippen LogP contribution in [0, 0.1) is 51.8 Å². The van der Waals surface area contributed by atoms with Crippen molar-refractivity contribution in [2.24, 2.45) is 40.4 Å². The molecule has 0 radical (unpaired) electrons. The van der Waals surface area contributed by atoms with Crippen LogP contribution in [0.3, 0.4) is 0 Å². The van der Waals surface area contributed by atoms with E-state index < -0.39 is 0 Å². The first-order valence-electron chi connectivity index (χ1n) is 7.36. The van der Waals surface area contributed by atoms with Gasteiger partial charge in [0.1, 0.15) is 0 Å². The summed E-state index contributed by atoms with van der Waals surface area (Å²) < 4.78 is 0. The van der Waals surface area contributed by atoms with Crippen LogP contribution in [0.5, 0.6) is 0 Å². The fourth-order valence-corrected chi connectivity index (χ4v) is 5.55. The van der Waals surface area contributed by atoms with Crippen molar-refractivity contribution in [3.8, 4) is 6.07 Å². The molecule has 0 N–H and O–H groups in total. The normalized spacial score (nSPS) is 55.4. The second-order valence-electron chi connectivity index (χ2n) is 7.63. The summed E-state index contributed by atoms with van der Waals surface area (Å²) in [4.78, 5) is 0. The van der Waals surface area contributed by atoms with Crippen LogP contribution in [-0.4, -0.2) is 0 Å². The molecule has 3 aliphatic rings. The Kier molecular flexibility index (Phi) is 2.23. The maximum Gasteiger partial charge on any atom is 0.0695 e. The van der Waals surface area contributed by atoms with Gasteiger partial charge in [-0.15, -0.1) is 0 Å². The van der Waals surface area contributed by atoms with E-state index in [0.29, 0.717) is 17.3 Å². The maximum atomic E-state index is 9.82. The van der Waals surface area contributed by atoms with E-state index in [-0.39, 0.29) is 5.41 Å². The van der Waals surface area contributed by atoms with Gasteiger partial charge in [-0.3, -0.25) is 0 Å². The van der Waals surface area contributed by atoms with Gasteiger partial charge in [-0.1, -0.05) is 27.7 Å². The van der Waals surface area contributed by atoms with E-state index in [9.17, 15) is 5.26 Å². The molecule has 0 aromatic rings. The second kappa shape index (κ2) is 3.28. The highest BCUT2D eigenvalue weighted by molar-refractivity contribution is 5.21. The van der Waals surface area contributed by atoms with Crippen molar-refractivity contribution in [1.82, 2.24) is 0 Å². The zero-order valence-corrected chi connectivity index (χ0v) is 11.7. The summed E-state index contributed by atoms with van der Waals surface area (Å²) in [7, 11) is 0.